The number of carboxylic acid groups (broad SMARTS) is 1. The first-order valence-corrected chi connectivity index (χ1v) is 7.89. The molecule has 2 atom stereocenters. The minimum Gasteiger partial charge on any atom is -0.550 e. The summed E-state index contributed by atoms with van der Waals surface area (Å²) in [5.74, 6) is -1.75. The topological polar surface area (TPSA) is 104 Å². The van der Waals surface area contributed by atoms with Crippen molar-refractivity contribution >= 4 is 22.8 Å². The molecule has 0 saturated carbocycles. The lowest BCUT2D eigenvalue weighted by Gasteiger charge is -2.24. The number of carboxylic acids is 1. The van der Waals surface area contributed by atoms with Crippen molar-refractivity contribution in [3.8, 4) is 0 Å². The van der Waals surface area contributed by atoms with Gasteiger partial charge in [-0.1, -0.05) is 32.4 Å². The number of para-hydroxylation sites is 1. The van der Waals surface area contributed by atoms with Gasteiger partial charge in [0.25, 0.3) is 5.56 Å². The Morgan fingerprint density at radius 3 is 2.71 bits per heavy atom. The van der Waals surface area contributed by atoms with Crippen LogP contribution in [0.25, 0.3) is 10.9 Å². The molecule has 1 aromatic heterocycles. The third kappa shape index (κ3) is 3.79. The van der Waals surface area contributed by atoms with Crippen LogP contribution < -0.4 is 16.0 Å². The number of aromatic nitrogens is 2. The van der Waals surface area contributed by atoms with E-state index in [-0.39, 0.29) is 24.4 Å². The van der Waals surface area contributed by atoms with E-state index >= 15 is 0 Å². The number of nitrogens with one attached hydrogen (secondary N) is 1. The highest BCUT2D eigenvalue weighted by atomic mass is 16.4. The van der Waals surface area contributed by atoms with Crippen molar-refractivity contribution in [1.29, 1.82) is 0 Å². The Bertz CT molecular complexity index is 800. The van der Waals surface area contributed by atoms with E-state index in [4.69, 9.17) is 0 Å². The molecule has 0 radical (unpaired) electrons. The van der Waals surface area contributed by atoms with Crippen molar-refractivity contribution < 1.29 is 14.7 Å². The fourth-order valence-electron chi connectivity index (χ4n) is 2.56. The molecule has 1 heterocycles. The zero-order valence-corrected chi connectivity index (χ0v) is 13.7. The number of fused-ring (bicyclic) bond motifs is 1. The van der Waals surface area contributed by atoms with Crippen molar-refractivity contribution in [3.05, 3.63) is 40.9 Å². The van der Waals surface area contributed by atoms with Crippen LogP contribution in [0.2, 0.25) is 0 Å². The molecule has 0 unspecified atom stereocenters. The molecule has 0 spiro atoms. The number of carbonyl (C=O) groups excluding carboxylic acids is 2. The molecular formula is C17H20N3O4-. The maximum atomic E-state index is 12.7. The van der Waals surface area contributed by atoms with Gasteiger partial charge in [0.15, 0.2) is 0 Å². The van der Waals surface area contributed by atoms with E-state index in [2.05, 4.69) is 10.3 Å². The lowest BCUT2D eigenvalue weighted by atomic mass is 9.98. The fourth-order valence-corrected chi connectivity index (χ4v) is 2.56. The molecule has 1 aromatic carbocycles. The quantitative estimate of drug-likeness (QED) is 0.783. The summed E-state index contributed by atoms with van der Waals surface area (Å²) in [6.07, 6.45) is 1.78. The van der Waals surface area contributed by atoms with E-state index in [1.807, 2.05) is 13.8 Å². The van der Waals surface area contributed by atoms with Crippen LogP contribution in [0.1, 0.15) is 32.7 Å². The number of amides is 1. The van der Waals surface area contributed by atoms with Crippen molar-refractivity contribution in [2.24, 2.45) is 5.92 Å². The van der Waals surface area contributed by atoms with Gasteiger partial charge in [0.05, 0.1) is 17.2 Å². The van der Waals surface area contributed by atoms with E-state index in [9.17, 15) is 19.5 Å². The maximum Gasteiger partial charge on any atom is 0.261 e. The summed E-state index contributed by atoms with van der Waals surface area (Å²) < 4.78 is 1.32. The number of hydrogen-bond acceptors (Lipinski definition) is 5. The zero-order valence-electron chi connectivity index (χ0n) is 13.7. The molecule has 7 nitrogen and oxygen atoms in total. The van der Waals surface area contributed by atoms with Gasteiger partial charge in [-0.2, -0.15) is 0 Å². The lowest BCUT2D eigenvalue weighted by molar-refractivity contribution is -0.305. The molecule has 128 valence electrons. The van der Waals surface area contributed by atoms with E-state index < -0.39 is 17.9 Å². The van der Waals surface area contributed by atoms with E-state index in [1.54, 1.807) is 24.3 Å². The van der Waals surface area contributed by atoms with Gasteiger partial charge in [0, 0.05) is 18.9 Å². The van der Waals surface area contributed by atoms with Crippen molar-refractivity contribution in [2.75, 3.05) is 6.54 Å². The Balaban J connectivity index is 2.38. The number of aliphatic carboxylic acids is 1. The summed E-state index contributed by atoms with van der Waals surface area (Å²) >= 11 is 0. The van der Waals surface area contributed by atoms with Crippen LogP contribution in [0.5, 0.6) is 0 Å². The molecule has 0 aliphatic rings. The minimum absolute atomic E-state index is 0.0378. The SMILES string of the molecule is CC[C@H](C)[C@@H](C(=O)NCCC(=O)[O-])n1cnc2ccccc2c1=O. The zero-order chi connectivity index (χ0) is 17.7. The molecule has 0 aliphatic heterocycles. The Kier molecular flexibility index (Phi) is 5.68. The lowest BCUT2D eigenvalue weighted by Crippen LogP contribution is -2.41. The summed E-state index contributed by atoms with van der Waals surface area (Å²) in [6.45, 7) is 3.75. The van der Waals surface area contributed by atoms with Crippen molar-refractivity contribution in [3.63, 3.8) is 0 Å². The fraction of sp³-hybridized carbons (Fsp3) is 0.412. The molecule has 1 N–H and O–H groups in total. The molecule has 7 heteroatoms. The van der Waals surface area contributed by atoms with Gasteiger partial charge in [-0.3, -0.25) is 14.2 Å². The van der Waals surface area contributed by atoms with Crippen molar-refractivity contribution in [2.45, 2.75) is 32.7 Å². The van der Waals surface area contributed by atoms with E-state index in [0.29, 0.717) is 17.3 Å². The second-order valence-corrected chi connectivity index (χ2v) is 5.72. The molecule has 2 rings (SSSR count). The normalized spacial score (nSPS) is 13.4. The molecule has 0 bridgehead atoms. The van der Waals surface area contributed by atoms with Crippen LogP contribution in [-0.2, 0) is 9.59 Å². The monoisotopic (exact) mass is 330 g/mol. The second kappa shape index (κ2) is 7.72. The van der Waals surface area contributed by atoms with Gasteiger partial charge in [0.2, 0.25) is 5.91 Å². The largest absolute Gasteiger partial charge is 0.550 e. The van der Waals surface area contributed by atoms with Crippen LogP contribution in [0.15, 0.2) is 35.4 Å². The van der Waals surface area contributed by atoms with Crippen LogP contribution in [-0.4, -0.2) is 28.0 Å². The highest BCUT2D eigenvalue weighted by Crippen LogP contribution is 2.20. The van der Waals surface area contributed by atoms with Gasteiger partial charge in [-0.05, 0) is 18.1 Å². The molecule has 1 amide bonds. The second-order valence-electron chi connectivity index (χ2n) is 5.72. The summed E-state index contributed by atoms with van der Waals surface area (Å²) in [7, 11) is 0. The highest BCUT2D eigenvalue weighted by Gasteiger charge is 2.27. The standard InChI is InChI=1S/C17H21N3O4/c1-3-11(2)15(16(23)18-9-8-14(21)22)20-10-19-13-7-5-4-6-12(13)17(20)24/h4-7,10-11,15H,3,8-9H2,1-2H3,(H,18,23)(H,21,22)/p-1/t11-,15-/m0/s1. The van der Waals surface area contributed by atoms with Crippen molar-refractivity contribution in [1.82, 2.24) is 14.9 Å². The first-order chi connectivity index (χ1) is 11.5. The van der Waals surface area contributed by atoms with Crippen LogP contribution >= 0.6 is 0 Å². The number of carbonyl (C=O) groups is 2. The predicted octanol–water partition coefficient (Wildman–Crippen LogP) is 0.240. The summed E-state index contributed by atoms with van der Waals surface area (Å²) in [5, 5.41) is 13.5. The highest BCUT2D eigenvalue weighted by molar-refractivity contribution is 5.82. The molecule has 0 saturated heterocycles. The number of nitrogens with zero attached hydrogens (tertiary/aromatic N) is 2. The maximum absolute atomic E-state index is 12.7. The molecule has 0 aliphatic carbocycles. The Morgan fingerprint density at radius 2 is 2.04 bits per heavy atom. The Hall–Kier alpha value is -2.70. The third-order valence-corrected chi connectivity index (χ3v) is 4.07. The Labute approximate surface area is 139 Å². The first kappa shape index (κ1) is 17.7. The Morgan fingerprint density at radius 1 is 1.33 bits per heavy atom. The van der Waals surface area contributed by atoms with Crippen LogP contribution in [0.4, 0.5) is 0 Å². The smallest absolute Gasteiger partial charge is 0.261 e. The molecule has 0 fully saturated rings. The first-order valence-electron chi connectivity index (χ1n) is 7.89. The summed E-state index contributed by atoms with van der Waals surface area (Å²) in [4.78, 5) is 40.0. The number of hydrogen-bond donors (Lipinski definition) is 1. The number of rotatable bonds is 7. The van der Waals surface area contributed by atoms with E-state index in [1.165, 1.54) is 10.9 Å². The van der Waals surface area contributed by atoms with Crippen LogP contribution in [0, 0.1) is 5.92 Å². The summed E-state index contributed by atoms with van der Waals surface area (Å²) in [6, 6.07) is 6.19. The molecule has 2 aromatic rings. The average molecular weight is 330 g/mol. The van der Waals surface area contributed by atoms with Gasteiger partial charge in [0.1, 0.15) is 6.04 Å². The molecule has 24 heavy (non-hydrogen) atoms. The van der Waals surface area contributed by atoms with E-state index in [0.717, 1.165) is 0 Å². The predicted molar refractivity (Wildman–Crippen MR) is 87.1 cm³/mol. The van der Waals surface area contributed by atoms with Gasteiger partial charge < -0.3 is 15.2 Å². The summed E-state index contributed by atoms with van der Waals surface area (Å²) in [5.41, 5.74) is 0.278. The minimum atomic E-state index is -1.24. The van der Waals surface area contributed by atoms with Gasteiger partial charge in [-0.25, -0.2) is 4.98 Å². The van der Waals surface area contributed by atoms with Gasteiger partial charge in [-0.15, -0.1) is 0 Å². The average Bonchev–Trinajstić information content (AvgIpc) is 2.56. The van der Waals surface area contributed by atoms with Gasteiger partial charge >= 0.3 is 0 Å². The number of benzene rings is 1. The molecular weight excluding hydrogens is 310 g/mol. The third-order valence-electron chi connectivity index (χ3n) is 4.07. The van der Waals surface area contributed by atoms with Crippen LogP contribution in [0.3, 0.4) is 0 Å².